The molecule has 2 aliphatic heterocycles. The molecule has 1 amide bonds. The average Bonchev–Trinajstić information content (AvgIpc) is 2.44. The van der Waals surface area contributed by atoms with Crippen LogP contribution in [0.2, 0.25) is 0 Å². The number of hydrogen-bond acceptors (Lipinski definition) is 4. The Morgan fingerprint density at radius 2 is 2.16 bits per heavy atom. The van der Waals surface area contributed by atoms with E-state index in [0.717, 1.165) is 18.6 Å². The monoisotopic (exact) mass is 262 g/mol. The van der Waals surface area contributed by atoms with E-state index in [2.05, 4.69) is 4.98 Å². The summed E-state index contributed by atoms with van der Waals surface area (Å²) in [4.78, 5) is 18.1. The highest BCUT2D eigenvalue weighted by molar-refractivity contribution is 5.79. The van der Waals surface area contributed by atoms with Crippen molar-refractivity contribution in [3.05, 3.63) is 24.5 Å². The van der Waals surface area contributed by atoms with Crippen LogP contribution in [0.5, 0.6) is 5.75 Å². The maximum atomic E-state index is 12.2. The van der Waals surface area contributed by atoms with Crippen molar-refractivity contribution in [3.63, 3.8) is 0 Å². The normalized spacial score (nSPS) is 20.9. The molecule has 5 nitrogen and oxygen atoms in total. The number of nitrogens with zero attached hydrogens (tertiary/aromatic N) is 2. The van der Waals surface area contributed by atoms with Gasteiger partial charge in [-0.3, -0.25) is 9.78 Å². The van der Waals surface area contributed by atoms with Gasteiger partial charge >= 0.3 is 0 Å². The Labute approximate surface area is 112 Å². The third kappa shape index (κ3) is 2.87. The van der Waals surface area contributed by atoms with Crippen LogP contribution in [0.1, 0.15) is 12.8 Å². The van der Waals surface area contributed by atoms with Crippen LogP contribution in [0.4, 0.5) is 0 Å². The SMILES string of the molecule is O=C(C1CCOCC1)N1CC(Oc2cccnc2)C1. The Morgan fingerprint density at radius 3 is 2.84 bits per heavy atom. The summed E-state index contributed by atoms with van der Waals surface area (Å²) in [5.41, 5.74) is 0. The molecule has 102 valence electrons. The van der Waals surface area contributed by atoms with Gasteiger partial charge in [-0.15, -0.1) is 0 Å². The van der Waals surface area contributed by atoms with E-state index in [1.54, 1.807) is 12.4 Å². The molecule has 0 radical (unpaired) electrons. The second kappa shape index (κ2) is 5.57. The molecule has 5 heteroatoms. The average molecular weight is 262 g/mol. The number of carbonyl (C=O) groups is 1. The Hall–Kier alpha value is -1.62. The lowest BCUT2D eigenvalue weighted by Gasteiger charge is -2.41. The Balaban J connectivity index is 1.46. The predicted molar refractivity (Wildman–Crippen MR) is 68.8 cm³/mol. The molecular weight excluding hydrogens is 244 g/mol. The Kier molecular flexibility index (Phi) is 3.64. The van der Waals surface area contributed by atoms with E-state index < -0.39 is 0 Å². The highest BCUT2D eigenvalue weighted by atomic mass is 16.5. The summed E-state index contributed by atoms with van der Waals surface area (Å²) in [6.07, 6.45) is 5.22. The van der Waals surface area contributed by atoms with Gasteiger partial charge in [-0.05, 0) is 25.0 Å². The van der Waals surface area contributed by atoms with Crippen LogP contribution < -0.4 is 4.74 Å². The van der Waals surface area contributed by atoms with Crippen molar-refractivity contribution in [2.24, 2.45) is 5.92 Å². The van der Waals surface area contributed by atoms with Gasteiger partial charge in [0.05, 0.1) is 19.3 Å². The fourth-order valence-corrected chi connectivity index (χ4v) is 2.50. The molecule has 3 rings (SSSR count). The zero-order chi connectivity index (χ0) is 13.1. The Morgan fingerprint density at radius 1 is 1.37 bits per heavy atom. The van der Waals surface area contributed by atoms with E-state index in [1.807, 2.05) is 17.0 Å². The van der Waals surface area contributed by atoms with Crippen LogP contribution >= 0.6 is 0 Å². The minimum atomic E-state index is 0.105. The third-order valence-electron chi connectivity index (χ3n) is 3.67. The second-order valence-electron chi connectivity index (χ2n) is 5.06. The number of hydrogen-bond donors (Lipinski definition) is 0. The van der Waals surface area contributed by atoms with Crippen LogP contribution in [0.3, 0.4) is 0 Å². The molecule has 3 heterocycles. The molecule has 2 fully saturated rings. The fraction of sp³-hybridized carbons (Fsp3) is 0.571. The number of rotatable bonds is 3. The molecule has 2 aliphatic rings. The first-order valence-electron chi connectivity index (χ1n) is 6.76. The van der Waals surface area contributed by atoms with Crippen molar-refractivity contribution in [1.82, 2.24) is 9.88 Å². The summed E-state index contributed by atoms with van der Waals surface area (Å²) in [5, 5.41) is 0. The van der Waals surface area contributed by atoms with Crippen molar-refractivity contribution >= 4 is 5.91 Å². The Bertz CT molecular complexity index is 426. The molecule has 0 saturated carbocycles. The van der Waals surface area contributed by atoms with Crippen LogP contribution in [0.25, 0.3) is 0 Å². The lowest BCUT2D eigenvalue weighted by atomic mass is 9.96. The maximum absolute atomic E-state index is 12.2. The standard InChI is InChI=1S/C14H18N2O3/c17-14(11-3-6-18-7-4-11)16-9-13(10-16)19-12-2-1-5-15-8-12/h1-2,5,8,11,13H,3-4,6-7,9-10H2. The summed E-state index contributed by atoms with van der Waals surface area (Å²) in [7, 11) is 0. The van der Waals surface area contributed by atoms with E-state index in [4.69, 9.17) is 9.47 Å². The van der Waals surface area contributed by atoms with Crippen molar-refractivity contribution in [1.29, 1.82) is 0 Å². The van der Waals surface area contributed by atoms with Gasteiger partial charge in [0.15, 0.2) is 0 Å². The molecule has 0 aliphatic carbocycles. The lowest BCUT2D eigenvalue weighted by Crippen LogP contribution is -2.58. The molecule has 0 unspecified atom stereocenters. The minimum absolute atomic E-state index is 0.105. The minimum Gasteiger partial charge on any atom is -0.485 e. The zero-order valence-corrected chi connectivity index (χ0v) is 10.8. The predicted octanol–water partition coefficient (Wildman–Crippen LogP) is 1.10. The number of amides is 1. The third-order valence-corrected chi connectivity index (χ3v) is 3.67. The molecule has 1 aromatic heterocycles. The van der Waals surface area contributed by atoms with E-state index in [0.29, 0.717) is 26.3 Å². The largest absolute Gasteiger partial charge is 0.485 e. The smallest absolute Gasteiger partial charge is 0.226 e. The van der Waals surface area contributed by atoms with E-state index >= 15 is 0 Å². The van der Waals surface area contributed by atoms with E-state index in [-0.39, 0.29) is 17.9 Å². The number of likely N-dealkylation sites (tertiary alicyclic amines) is 1. The molecule has 0 bridgehead atoms. The number of ether oxygens (including phenoxy) is 2. The highest BCUT2D eigenvalue weighted by Crippen LogP contribution is 2.23. The van der Waals surface area contributed by atoms with Gasteiger partial charge in [0.1, 0.15) is 11.9 Å². The lowest BCUT2D eigenvalue weighted by molar-refractivity contribution is -0.147. The topological polar surface area (TPSA) is 51.7 Å². The number of pyridine rings is 1. The first-order chi connectivity index (χ1) is 9.33. The molecule has 0 aromatic carbocycles. The maximum Gasteiger partial charge on any atom is 0.226 e. The second-order valence-corrected chi connectivity index (χ2v) is 5.06. The van der Waals surface area contributed by atoms with Gasteiger partial charge in [-0.2, -0.15) is 0 Å². The molecule has 0 N–H and O–H groups in total. The van der Waals surface area contributed by atoms with Gasteiger partial charge in [0.2, 0.25) is 5.91 Å². The van der Waals surface area contributed by atoms with Crippen molar-refractivity contribution in [2.45, 2.75) is 18.9 Å². The van der Waals surface area contributed by atoms with Crippen LogP contribution in [-0.2, 0) is 9.53 Å². The van der Waals surface area contributed by atoms with Crippen molar-refractivity contribution < 1.29 is 14.3 Å². The summed E-state index contributed by atoms with van der Waals surface area (Å²) >= 11 is 0. The highest BCUT2D eigenvalue weighted by Gasteiger charge is 2.36. The summed E-state index contributed by atoms with van der Waals surface area (Å²) in [5.74, 6) is 1.17. The molecule has 0 atom stereocenters. The van der Waals surface area contributed by atoms with Gasteiger partial charge < -0.3 is 14.4 Å². The summed E-state index contributed by atoms with van der Waals surface area (Å²) in [6, 6.07) is 3.73. The van der Waals surface area contributed by atoms with Crippen LogP contribution in [-0.4, -0.2) is 48.2 Å². The number of carbonyl (C=O) groups excluding carboxylic acids is 1. The molecule has 19 heavy (non-hydrogen) atoms. The van der Waals surface area contributed by atoms with Gasteiger partial charge in [-0.25, -0.2) is 0 Å². The molecule has 2 saturated heterocycles. The van der Waals surface area contributed by atoms with E-state index in [9.17, 15) is 4.79 Å². The van der Waals surface area contributed by atoms with Gasteiger partial charge in [0, 0.05) is 25.3 Å². The fourth-order valence-electron chi connectivity index (χ4n) is 2.50. The quantitative estimate of drug-likeness (QED) is 0.818. The molecule has 0 spiro atoms. The van der Waals surface area contributed by atoms with Crippen LogP contribution in [0.15, 0.2) is 24.5 Å². The van der Waals surface area contributed by atoms with Gasteiger partial charge in [-0.1, -0.05) is 0 Å². The van der Waals surface area contributed by atoms with Crippen molar-refractivity contribution in [2.75, 3.05) is 26.3 Å². The summed E-state index contributed by atoms with van der Waals surface area (Å²) < 4.78 is 11.0. The van der Waals surface area contributed by atoms with Crippen molar-refractivity contribution in [3.8, 4) is 5.75 Å². The number of aromatic nitrogens is 1. The molecule has 1 aromatic rings. The zero-order valence-electron chi connectivity index (χ0n) is 10.8. The molecular formula is C14H18N2O3. The first-order valence-corrected chi connectivity index (χ1v) is 6.76. The van der Waals surface area contributed by atoms with Gasteiger partial charge in [0.25, 0.3) is 0 Å². The van der Waals surface area contributed by atoms with E-state index in [1.165, 1.54) is 0 Å². The first kappa shape index (κ1) is 12.4. The van der Waals surface area contributed by atoms with Crippen LogP contribution in [0, 0.1) is 5.92 Å². The summed E-state index contributed by atoms with van der Waals surface area (Å²) in [6.45, 7) is 2.79.